The van der Waals surface area contributed by atoms with Crippen LogP contribution < -0.4 is 4.90 Å². The Balaban J connectivity index is 1.99. The normalized spacial score (nSPS) is 17.1. The van der Waals surface area contributed by atoms with Crippen molar-refractivity contribution in [1.29, 1.82) is 0 Å². The summed E-state index contributed by atoms with van der Waals surface area (Å²) >= 11 is 0. The number of nitrogens with zero attached hydrogens (tertiary/aromatic N) is 3. The molecule has 0 unspecified atom stereocenters. The second-order valence-corrected chi connectivity index (χ2v) is 4.56. The van der Waals surface area contributed by atoms with Gasteiger partial charge in [0, 0.05) is 13.1 Å². The van der Waals surface area contributed by atoms with Crippen molar-refractivity contribution in [1.82, 2.24) is 10.2 Å². The first-order valence-electron chi connectivity index (χ1n) is 6.15. The second kappa shape index (κ2) is 5.64. The van der Waals surface area contributed by atoms with E-state index in [2.05, 4.69) is 14.9 Å². The Morgan fingerprint density at radius 1 is 1.30 bits per heavy atom. The maximum absolute atomic E-state index is 12.4. The molecule has 5 nitrogen and oxygen atoms in total. The fourth-order valence-corrected chi connectivity index (χ4v) is 2.16. The maximum Gasteiger partial charge on any atom is 0.435 e. The van der Waals surface area contributed by atoms with Gasteiger partial charge in [-0.2, -0.15) is 13.2 Å². The quantitative estimate of drug-likeness (QED) is 0.778. The van der Waals surface area contributed by atoms with Crippen molar-refractivity contribution in [2.75, 3.05) is 25.1 Å². The Hall–Kier alpha value is -1.86. The van der Waals surface area contributed by atoms with Crippen molar-refractivity contribution >= 4 is 11.8 Å². The number of halogens is 3. The van der Waals surface area contributed by atoms with Crippen LogP contribution in [0, 0.1) is 5.92 Å². The van der Waals surface area contributed by atoms with Crippen LogP contribution in [0.1, 0.15) is 18.5 Å². The standard InChI is InChI=1S/C12H14F3N3O2/c1-20-11(19)8-4-6-18(7-5-8)10-3-2-9(16-17-10)12(13,14)15/h2-3,8H,4-7H2,1H3. The van der Waals surface area contributed by atoms with Crippen molar-refractivity contribution in [2.24, 2.45) is 5.92 Å². The highest BCUT2D eigenvalue weighted by atomic mass is 19.4. The third-order valence-corrected chi connectivity index (χ3v) is 3.29. The molecule has 0 atom stereocenters. The van der Waals surface area contributed by atoms with Crippen LogP contribution in [0.2, 0.25) is 0 Å². The first kappa shape index (κ1) is 14.5. The van der Waals surface area contributed by atoms with Crippen LogP contribution in [-0.2, 0) is 15.7 Å². The summed E-state index contributed by atoms with van der Waals surface area (Å²) in [6.45, 7) is 1.08. The molecule has 1 saturated heterocycles. The Kier molecular flexibility index (Phi) is 4.10. The number of carbonyl (C=O) groups excluding carboxylic acids is 1. The molecule has 0 saturated carbocycles. The van der Waals surface area contributed by atoms with Crippen LogP contribution in [0.25, 0.3) is 0 Å². The summed E-state index contributed by atoms with van der Waals surface area (Å²) in [5, 5.41) is 6.79. The summed E-state index contributed by atoms with van der Waals surface area (Å²) in [6.07, 6.45) is -3.30. The molecule has 0 amide bonds. The lowest BCUT2D eigenvalue weighted by atomic mass is 9.97. The molecule has 1 fully saturated rings. The Bertz CT molecular complexity index is 468. The molecule has 0 N–H and O–H groups in total. The van der Waals surface area contributed by atoms with E-state index in [-0.39, 0.29) is 11.9 Å². The average Bonchev–Trinajstić information content (AvgIpc) is 2.46. The van der Waals surface area contributed by atoms with E-state index in [1.807, 2.05) is 4.90 Å². The minimum atomic E-state index is -4.48. The molecule has 1 aromatic heterocycles. The average molecular weight is 289 g/mol. The van der Waals surface area contributed by atoms with Crippen molar-refractivity contribution in [2.45, 2.75) is 19.0 Å². The minimum Gasteiger partial charge on any atom is -0.469 e. The number of esters is 1. The van der Waals surface area contributed by atoms with Gasteiger partial charge in [-0.3, -0.25) is 4.79 Å². The van der Waals surface area contributed by atoms with Crippen LogP contribution in [0.15, 0.2) is 12.1 Å². The van der Waals surface area contributed by atoms with Crippen LogP contribution in [0.5, 0.6) is 0 Å². The molecule has 0 spiro atoms. The molecule has 0 radical (unpaired) electrons. The molecule has 0 aliphatic carbocycles. The van der Waals surface area contributed by atoms with Crippen LogP contribution >= 0.6 is 0 Å². The molecule has 1 aliphatic heterocycles. The van der Waals surface area contributed by atoms with Gasteiger partial charge in [0.2, 0.25) is 0 Å². The highest BCUT2D eigenvalue weighted by Gasteiger charge is 2.33. The Morgan fingerprint density at radius 2 is 1.95 bits per heavy atom. The van der Waals surface area contributed by atoms with Crippen molar-refractivity contribution in [3.8, 4) is 0 Å². The summed E-state index contributed by atoms with van der Waals surface area (Å²) in [5.41, 5.74) is -1.01. The minimum absolute atomic E-state index is 0.154. The predicted molar refractivity (Wildman–Crippen MR) is 64.0 cm³/mol. The third kappa shape index (κ3) is 3.17. The van der Waals surface area contributed by atoms with Gasteiger partial charge in [0.1, 0.15) is 0 Å². The van der Waals surface area contributed by atoms with Gasteiger partial charge in [-0.25, -0.2) is 0 Å². The smallest absolute Gasteiger partial charge is 0.435 e. The predicted octanol–water partition coefficient (Wildman–Crippen LogP) is 1.88. The van der Waals surface area contributed by atoms with Gasteiger partial charge in [-0.15, -0.1) is 10.2 Å². The van der Waals surface area contributed by atoms with Crippen molar-refractivity contribution in [3.05, 3.63) is 17.8 Å². The summed E-state index contributed by atoms with van der Waals surface area (Å²) in [4.78, 5) is 13.2. The molecule has 8 heteroatoms. The van der Waals surface area contributed by atoms with Gasteiger partial charge >= 0.3 is 12.1 Å². The number of carbonyl (C=O) groups is 1. The monoisotopic (exact) mass is 289 g/mol. The van der Waals surface area contributed by atoms with Gasteiger partial charge in [-0.05, 0) is 25.0 Å². The molecule has 1 aliphatic rings. The van der Waals surface area contributed by atoms with E-state index in [0.29, 0.717) is 31.7 Å². The molecule has 20 heavy (non-hydrogen) atoms. The van der Waals surface area contributed by atoms with Gasteiger partial charge in [0.15, 0.2) is 11.5 Å². The molecular formula is C12H14F3N3O2. The van der Waals surface area contributed by atoms with Crippen molar-refractivity contribution < 1.29 is 22.7 Å². The molecule has 0 bridgehead atoms. The number of aromatic nitrogens is 2. The van der Waals surface area contributed by atoms with E-state index in [1.54, 1.807) is 0 Å². The number of hydrogen-bond acceptors (Lipinski definition) is 5. The SMILES string of the molecule is COC(=O)C1CCN(c2ccc(C(F)(F)F)nn2)CC1. The number of ether oxygens (including phenoxy) is 1. The fourth-order valence-electron chi connectivity index (χ4n) is 2.16. The zero-order valence-corrected chi connectivity index (χ0v) is 10.9. The van der Waals surface area contributed by atoms with Crippen LogP contribution in [0.4, 0.5) is 19.0 Å². The fraction of sp³-hybridized carbons (Fsp3) is 0.583. The number of rotatable bonds is 2. The molecular weight excluding hydrogens is 275 g/mol. The zero-order valence-electron chi connectivity index (χ0n) is 10.9. The number of methoxy groups -OCH3 is 1. The van der Waals surface area contributed by atoms with E-state index in [9.17, 15) is 18.0 Å². The van der Waals surface area contributed by atoms with E-state index < -0.39 is 11.9 Å². The van der Waals surface area contributed by atoms with Gasteiger partial charge in [0.25, 0.3) is 0 Å². The van der Waals surface area contributed by atoms with Gasteiger partial charge in [-0.1, -0.05) is 0 Å². The number of alkyl halides is 3. The van der Waals surface area contributed by atoms with E-state index in [0.717, 1.165) is 6.07 Å². The lowest BCUT2D eigenvalue weighted by Crippen LogP contribution is -2.37. The Morgan fingerprint density at radius 3 is 2.40 bits per heavy atom. The molecule has 1 aromatic rings. The van der Waals surface area contributed by atoms with Crippen LogP contribution in [0.3, 0.4) is 0 Å². The molecule has 2 rings (SSSR count). The third-order valence-electron chi connectivity index (χ3n) is 3.29. The number of anilines is 1. The first-order chi connectivity index (χ1) is 9.41. The summed E-state index contributed by atoms with van der Waals surface area (Å²) in [5.74, 6) is -0.0110. The Labute approximate surface area is 113 Å². The second-order valence-electron chi connectivity index (χ2n) is 4.56. The summed E-state index contributed by atoms with van der Waals surface area (Å²) in [6, 6.07) is 2.21. The lowest BCUT2D eigenvalue weighted by molar-refractivity contribution is -0.146. The lowest BCUT2D eigenvalue weighted by Gasteiger charge is -2.31. The summed E-state index contributed by atoms with van der Waals surface area (Å²) in [7, 11) is 1.34. The number of hydrogen-bond donors (Lipinski definition) is 0. The van der Waals surface area contributed by atoms with Gasteiger partial charge < -0.3 is 9.64 Å². The molecule has 0 aromatic carbocycles. The highest BCUT2D eigenvalue weighted by molar-refractivity contribution is 5.72. The highest BCUT2D eigenvalue weighted by Crippen LogP contribution is 2.28. The topological polar surface area (TPSA) is 55.3 Å². The maximum atomic E-state index is 12.4. The zero-order chi connectivity index (χ0) is 14.8. The summed E-state index contributed by atoms with van der Waals surface area (Å²) < 4.78 is 41.8. The van der Waals surface area contributed by atoms with Gasteiger partial charge in [0.05, 0.1) is 13.0 Å². The van der Waals surface area contributed by atoms with Crippen LogP contribution in [-0.4, -0.2) is 36.4 Å². The van der Waals surface area contributed by atoms with E-state index in [4.69, 9.17) is 0 Å². The van der Waals surface area contributed by atoms with Crippen molar-refractivity contribution in [3.63, 3.8) is 0 Å². The molecule has 110 valence electrons. The van der Waals surface area contributed by atoms with E-state index >= 15 is 0 Å². The molecule has 2 heterocycles. The van der Waals surface area contributed by atoms with E-state index in [1.165, 1.54) is 13.2 Å². The first-order valence-corrected chi connectivity index (χ1v) is 6.15. The largest absolute Gasteiger partial charge is 0.469 e. The number of piperidine rings is 1.